The minimum atomic E-state index is -0.288. The van der Waals surface area contributed by atoms with Gasteiger partial charge in [-0.1, -0.05) is 43.1 Å². The first kappa shape index (κ1) is 19.0. The van der Waals surface area contributed by atoms with Crippen LogP contribution in [0.5, 0.6) is 5.75 Å². The van der Waals surface area contributed by atoms with E-state index in [0.717, 1.165) is 70.8 Å². The van der Waals surface area contributed by atoms with Gasteiger partial charge in [-0.15, -0.1) is 0 Å². The van der Waals surface area contributed by atoms with Crippen molar-refractivity contribution in [3.8, 4) is 5.75 Å². The number of nitrogens with one attached hydrogen (secondary N) is 1. The van der Waals surface area contributed by atoms with E-state index >= 15 is 0 Å². The zero-order valence-electron chi connectivity index (χ0n) is 16.3. The first-order valence-electron chi connectivity index (χ1n) is 9.85. The van der Waals surface area contributed by atoms with E-state index in [9.17, 15) is 4.79 Å². The number of rotatable bonds is 5. The first-order chi connectivity index (χ1) is 13.6. The van der Waals surface area contributed by atoms with Crippen molar-refractivity contribution in [2.24, 2.45) is 0 Å². The zero-order valence-corrected chi connectivity index (χ0v) is 17.1. The predicted octanol–water partition coefficient (Wildman–Crippen LogP) is 4.03. The monoisotopic (exact) mass is 398 g/mol. The molecule has 1 aliphatic rings. The molecule has 0 radical (unpaired) electrons. The van der Waals surface area contributed by atoms with Gasteiger partial charge in [0.25, 0.3) is 0 Å². The molecule has 3 aromatic rings. The standard InChI is InChI=1S/C23H24ClNO3/c1-3-4-7-16-11-21(26)28-23-15(2)22-18(10-19(16)23)13-25(14-27-22)12-17-8-5-6-9-20(17)24/h5-6,8-11H,3-4,7,12-14H2,1-2H3/p+1. The molecule has 4 rings (SSSR count). The summed E-state index contributed by atoms with van der Waals surface area (Å²) in [7, 11) is 0. The van der Waals surface area contributed by atoms with E-state index in [0.29, 0.717) is 12.3 Å². The van der Waals surface area contributed by atoms with E-state index in [1.165, 1.54) is 4.90 Å². The van der Waals surface area contributed by atoms with Crippen LogP contribution >= 0.6 is 11.6 Å². The quantitative estimate of drug-likeness (QED) is 0.660. The molecule has 0 spiro atoms. The molecular weight excluding hydrogens is 374 g/mol. The van der Waals surface area contributed by atoms with Crippen LogP contribution in [0.15, 0.2) is 45.6 Å². The summed E-state index contributed by atoms with van der Waals surface area (Å²) >= 11 is 6.33. The van der Waals surface area contributed by atoms with Crippen LogP contribution in [0.2, 0.25) is 5.02 Å². The van der Waals surface area contributed by atoms with Crippen LogP contribution in [0.1, 0.15) is 42.0 Å². The number of aryl methyl sites for hydroxylation is 2. The fraction of sp³-hybridized carbons (Fsp3) is 0.348. The van der Waals surface area contributed by atoms with Gasteiger partial charge in [0.05, 0.1) is 0 Å². The molecule has 0 fully saturated rings. The predicted molar refractivity (Wildman–Crippen MR) is 111 cm³/mol. The molecule has 1 unspecified atom stereocenters. The highest BCUT2D eigenvalue weighted by molar-refractivity contribution is 6.31. The lowest BCUT2D eigenvalue weighted by atomic mass is 9.98. The molecule has 1 aliphatic heterocycles. The van der Waals surface area contributed by atoms with E-state index in [1.54, 1.807) is 6.07 Å². The van der Waals surface area contributed by atoms with Crippen LogP contribution in [-0.4, -0.2) is 6.73 Å². The van der Waals surface area contributed by atoms with Gasteiger partial charge >= 0.3 is 5.63 Å². The number of fused-ring (bicyclic) bond motifs is 2. The molecule has 146 valence electrons. The minimum Gasteiger partial charge on any atom is -0.444 e. The molecule has 1 N–H and O–H groups in total. The Morgan fingerprint density at radius 2 is 2.00 bits per heavy atom. The SMILES string of the molecule is CCCCc1cc(=O)oc2c(C)c3c(cc12)C[NH+](Cc1ccccc1Cl)CO3. The van der Waals surface area contributed by atoms with Gasteiger partial charge in [-0.3, -0.25) is 4.90 Å². The third-order valence-corrected chi connectivity index (χ3v) is 5.80. The summed E-state index contributed by atoms with van der Waals surface area (Å²) in [4.78, 5) is 13.3. The average Bonchev–Trinajstić information content (AvgIpc) is 2.69. The molecule has 0 saturated carbocycles. The number of hydrogen-bond acceptors (Lipinski definition) is 3. The first-order valence-corrected chi connectivity index (χ1v) is 10.2. The second kappa shape index (κ2) is 7.98. The second-order valence-corrected chi connectivity index (χ2v) is 7.95. The summed E-state index contributed by atoms with van der Waals surface area (Å²) in [6, 6.07) is 11.7. The van der Waals surface area contributed by atoms with Gasteiger partial charge < -0.3 is 9.15 Å². The number of benzene rings is 2. The molecule has 2 aromatic carbocycles. The Labute approximate surface area is 169 Å². The van der Waals surface area contributed by atoms with Gasteiger partial charge in [-0.2, -0.15) is 0 Å². The van der Waals surface area contributed by atoms with Crippen molar-refractivity contribution in [1.82, 2.24) is 0 Å². The van der Waals surface area contributed by atoms with Gasteiger partial charge in [0.1, 0.15) is 24.4 Å². The summed E-state index contributed by atoms with van der Waals surface area (Å²) in [5.74, 6) is 0.853. The van der Waals surface area contributed by atoms with E-state index in [4.69, 9.17) is 20.8 Å². The lowest BCUT2D eigenvalue weighted by Crippen LogP contribution is -3.10. The van der Waals surface area contributed by atoms with Crippen LogP contribution < -0.4 is 15.3 Å². The Kier molecular flexibility index (Phi) is 5.42. The lowest BCUT2D eigenvalue weighted by Gasteiger charge is -2.28. The Morgan fingerprint density at radius 1 is 1.18 bits per heavy atom. The largest absolute Gasteiger partial charge is 0.444 e. The molecule has 2 heterocycles. The maximum atomic E-state index is 12.1. The summed E-state index contributed by atoms with van der Waals surface area (Å²) in [6.45, 7) is 6.36. The average molecular weight is 399 g/mol. The highest BCUT2D eigenvalue weighted by Gasteiger charge is 2.25. The van der Waals surface area contributed by atoms with Crippen molar-refractivity contribution in [3.63, 3.8) is 0 Å². The van der Waals surface area contributed by atoms with E-state index in [-0.39, 0.29) is 5.63 Å². The van der Waals surface area contributed by atoms with Crippen LogP contribution in [0.3, 0.4) is 0 Å². The van der Waals surface area contributed by atoms with Gasteiger partial charge in [-0.25, -0.2) is 4.79 Å². The van der Waals surface area contributed by atoms with Crippen molar-refractivity contribution in [1.29, 1.82) is 0 Å². The van der Waals surface area contributed by atoms with Gasteiger partial charge in [-0.05, 0) is 37.5 Å². The third-order valence-electron chi connectivity index (χ3n) is 5.44. The lowest BCUT2D eigenvalue weighted by molar-refractivity contribution is -0.945. The second-order valence-electron chi connectivity index (χ2n) is 7.54. The maximum Gasteiger partial charge on any atom is 0.336 e. The number of ether oxygens (including phenoxy) is 1. The van der Waals surface area contributed by atoms with Crippen LogP contribution in [0, 0.1) is 6.92 Å². The van der Waals surface area contributed by atoms with Crippen LogP contribution in [0.4, 0.5) is 0 Å². The molecule has 4 nitrogen and oxygen atoms in total. The summed E-state index contributed by atoms with van der Waals surface area (Å²) < 4.78 is 11.7. The van der Waals surface area contributed by atoms with Crippen molar-refractivity contribution in [3.05, 3.63) is 74.1 Å². The molecule has 1 atom stereocenters. The Bertz CT molecular complexity index is 1070. The van der Waals surface area contributed by atoms with Crippen molar-refractivity contribution in [2.45, 2.75) is 46.2 Å². The molecule has 0 saturated heterocycles. The van der Waals surface area contributed by atoms with Crippen molar-refractivity contribution in [2.75, 3.05) is 6.73 Å². The molecule has 28 heavy (non-hydrogen) atoms. The Balaban J connectivity index is 1.71. The van der Waals surface area contributed by atoms with Crippen LogP contribution in [0.25, 0.3) is 11.0 Å². The highest BCUT2D eigenvalue weighted by atomic mass is 35.5. The van der Waals surface area contributed by atoms with Crippen molar-refractivity contribution < 1.29 is 14.1 Å². The molecule has 1 aromatic heterocycles. The summed E-state index contributed by atoms with van der Waals surface area (Å²) in [5, 5.41) is 1.83. The number of quaternary nitrogens is 1. The minimum absolute atomic E-state index is 0.288. The fourth-order valence-corrected chi connectivity index (χ4v) is 4.20. The van der Waals surface area contributed by atoms with E-state index in [2.05, 4.69) is 19.1 Å². The highest BCUT2D eigenvalue weighted by Crippen LogP contribution is 2.33. The van der Waals surface area contributed by atoms with Gasteiger partial charge in [0.2, 0.25) is 6.73 Å². The van der Waals surface area contributed by atoms with Crippen LogP contribution in [-0.2, 0) is 19.5 Å². The third kappa shape index (κ3) is 3.67. The molecule has 0 amide bonds. The Hall–Kier alpha value is -2.30. The zero-order chi connectivity index (χ0) is 19.7. The molecule has 0 aliphatic carbocycles. The maximum absolute atomic E-state index is 12.1. The van der Waals surface area contributed by atoms with Gasteiger partial charge in [0.15, 0.2) is 0 Å². The fourth-order valence-electron chi connectivity index (χ4n) is 4.00. The molecule has 0 bridgehead atoms. The summed E-state index contributed by atoms with van der Waals surface area (Å²) in [6.07, 6.45) is 3.02. The summed E-state index contributed by atoms with van der Waals surface area (Å²) in [5.41, 5.74) is 4.63. The van der Waals surface area contributed by atoms with E-state index < -0.39 is 0 Å². The molecular formula is C23H25ClNO3+. The number of unbranched alkanes of at least 4 members (excludes halogenated alkanes) is 1. The number of halogens is 1. The topological polar surface area (TPSA) is 43.9 Å². The smallest absolute Gasteiger partial charge is 0.336 e. The molecule has 5 heteroatoms. The van der Waals surface area contributed by atoms with Crippen molar-refractivity contribution >= 4 is 22.6 Å². The number of hydrogen-bond donors (Lipinski definition) is 1. The van der Waals surface area contributed by atoms with E-state index in [1.807, 2.05) is 25.1 Å². The van der Waals surface area contributed by atoms with Gasteiger partial charge in [0, 0.05) is 33.2 Å². The normalized spacial score (nSPS) is 16.0. The Morgan fingerprint density at radius 3 is 2.79 bits per heavy atom.